The van der Waals surface area contributed by atoms with Crippen molar-refractivity contribution < 1.29 is 33.2 Å². The molecule has 1 amide bonds. The van der Waals surface area contributed by atoms with Gasteiger partial charge in [0.1, 0.15) is 30.1 Å². The Morgan fingerprint density at radius 1 is 0.737 bits per heavy atom. The fourth-order valence-electron chi connectivity index (χ4n) is 7.42. The van der Waals surface area contributed by atoms with Crippen LogP contribution in [0.15, 0.2) is 170 Å². The average molecular weight is 780 g/mol. The Balaban J connectivity index is 1.17. The highest BCUT2D eigenvalue weighted by atomic mass is 31.1. The molecule has 6 aromatic carbocycles. The Morgan fingerprint density at radius 2 is 1.33 bits per heavy atom. The molecule has 290 valence electrons. The zero-order valence-corrected chi connectivity index (χ0v) is 32.8. The third-order valence-electron chi connectivity index (χ3n) is 10.3. The van der Waals surface area contributed by atoms with E-state index in [0.717, 1.165) is 38.4 Å². The first-order valence-electron chi connectivity index (χ1n) is 19.3. The summed E-state index contributed by atoms with van der Waals surface area (Å²) in [5, 5.41) is 6.62. The smallest absolute Gasteiger partial charge is 0.252 e. The molecular formula is C48H46NO7P. The van der Waals surface area contributed by atoms with Crippen molar-refractivity contribution in [2.45, 2.75) is 56.6 Å². The largest absolute Gasteiger partial charge is 0.497 e. The third kappa shape index (κ3) is 9.03. The van der Waals surface area contributed by atoms with Gasteiger partial charge in [0.25, 0.3) is 5.91 Å². The van der Waals surface area contributed by atoms with Crippen molar-refractivity contribution >= 4 is 29.7 Å². The molecule has 57 heavy (non-hydrogen) atoms. The lowest BCUT2D eigenvalue weighted by atomic mass is 9.94. The molecule has 2 heterocycles. The number of nitrogens with one attached hydrogen (secondary N) is 1. The van der Waals surface area contributed by atoms with Gasteiger partial charge >= 0.3 is 0 Å². The Labute approximate surface area is 335 Å². The predicted molar refractivity (Wildman–Crippen MR) is 223 cm³/mol. The van der Waals surface area contributed by atoms with Crippen molar-refractivity contribution in [3.63, 3.8) is 0 Å². The van der Waals surface area contributed by atoms with Crippen molar-refractivity contribution in [3.05, 3.63) is 192 Å². The van der Waals surface area contributed by atoms with Crippen LogP contribution in [-0.4, -0.2) is 50.3 Å². The number of rotatable bonds is 13. The molecule has 0 bridgehead atoms. The minimum atomic E-state index is -1.08. The summed E-state index contributed by atoms with van der Waals surface area (Å²) in [7, 11) is 0.556. The van der Waals surface area contributed by atoms with Crippen molar-refractivity contribution in [3.8, 4) is 5.75 Å². The van der Waals surface area contributed by atoms with Crippen LogP contribution in [0.1, 0.15) is 46.4 Å². The van der Waals surface area contributed by atoms with Crippen LogP contribution in [0.25, 0.3) is 0 Å². The first kappa shape index (κ1) is 38.7. The number of fused-ring (bicyclic) bond motifs is 1. The summed E-state index contributed by atoms with van der Waals surface area (Å²) in [5.74, 6) is 0.473. The molecule has 2 aliphatic heterocycles. The highest BCUT2D eigenvalue weighted by molar-refractivity contribution is 7.80. The molecule has 0 aliphatic carbocycles. The Hall–Kier alpha value is -5.18. The quantitative estimate of drug-likeness (QED) is 0.120. The predicted octanol–water partition coefficient (Wildman–Crippen LogP) is 7.75. The molecule has 8 nitrogen and oxygen atoms in total. The van der Waals surface area contributed by atoms with Crippen LogP contribution in [0.2, 0.25) is 0 Å². The van der Waals surface area contributed by atoms with Gasteiger partial charge in [-0.1, -0.05) is 152 Å². The zero-order chi connectivity index (χ0) is 39.0. The van der Waals surface area contributed by atoms with Gasteiger partial charge < -0.3 is 33.7 Å². The number of hydrogen-bond acceptors (Lipinski definition) is 7. The van der Waals surface area contributed by atoms with Crippen LogP contribution in [-0.2, 0) is 30.3 Å². The van der Waals surface area contributed by atoms with Crippen LogP contribution >= 0.6 is 7.92 Å². The number of hydrogen-bond donors (Lipinski definition) is 1. The van der Waals surface area contributed by atoms with Gasteiger partial charge in [0.2, 0.25) is 0 Å². The number of carbonyl (C=O) groups is 1. The van der Waals surface area contributed by atoms with Gasteiger partial charge in [-0.3, -0.25) is 4.79 Å². The first-order chi connectivity index (χ1) is 28.1. The maximum absolute atomic E-state index is 15.0. The van der Waals surface area contributed by atoms with Crippen molar-refractivity contribution in [2.75, 3.05) is 13.7 Å². The topological polar surface area (TPSA) is 84.5 Å². The van der Waals surface area contributed by atoms with E-state index < -0.39 is 44.9 Å². The third-order valence-corrected chi connectivity index (χ3v) is 12.8. The highest BCUT2D eigenvalue weighted by Crippen LogP contribution is 2.39. The molecule has 6 aromatic rings. The SMILES string of the molecule is COc1ccc([C@@H]2OC[C@H]3O[C@H](OCc4ccccc4)[C@H](NC(=O)c4ccccc4P(c4ccccc4)c4ccccc4)[C@@H](O[C@H](C)c4ccccc4)[C@@H]3O2)cc1. The van der Waals surface area contributed by atoms with Gasteiger partial charge in [0.15, 0.2) is 12.6 Å². The molecule has 8 rings (SSSR count). The van der Waals surface area contributed by atoms with E-state index in [1.807, 2.05) is 146 Å². The summed E-state index contributed by atoms with van der Waals surface area (Å²) in [6, 6.07) is 55.4. The zero-order valence-electron chi connectivity index (χ0n) is 31.9. The number of benzene rings is 6. The minimum Gasteiger partial charge on any atom is -0.497 e. The van der Waals surface area contributed by atoms with Crippen molar-refractivity contribution in [1.29, 1.82) is 0 Å². The van der Waals surface area contributed by atoms with Crippen LogP contribution in [0, 0.1) is 0 Å². The summed E-state index contributed by atoms with van der Waals surface area (Å²) in [6.07, 6.45) is -3.82. The summed E-state index contributed by atoms with van der Waals surface area (Å²) < 4.78 is 38.8. The maximum Gasteiger partial charge on any atom is 0.252 e. The van der Waals surface area contributed by atoms with Gasteiger partial charge in [-0.05, 0) is 60.1 Å². The Morgan fingerprint density at radius 3 is 1.98 bits per heavy atom. The molecule has 2 aliphatic rings. The Kier molecular flexibility index (Phi) is 12.5. The average Bonchev–Trinajstić information content (AvgIpc) is 3.28. The number of amides is 1. The van der Waals surface area contributed by atoms with Crippen molar-refractivity contribution in [2.24, 2.45) is 0 Å². The molecule has 0 unspecified atom stereocenters. The van der Waals surface area contributed by atoms with E-state index in [1.165, 1.54) is 0 Å². The van der Waals surface area contributed by atoms with Crippen LogP contribution in [0.4, 0.5) is 0 Å². The number of ether oxygens (including phenoxy) is 6. The van der Waals surface area contributed by atoms with Crippen molar-refractivity contribution in [1.82, 2.24) is 5.32 Å². The summed E-state index contributed by atoms with van der Waals surface area (Å²) in [6.45, 7) is 2.51. The fraction of sp³-hybridized carbons (Fsp3) is 0.229. The van der Waals surface area contributed by atoms with E-state index >= 15 is 0 Å². The first-order valence-corrected chi connectivity index (χ1v) is 20.6. The molecule has 9 heteroatoms. The molecule has 2 fully saturated rings. The number of carbonyl (C=O) groups excluding carboxylic acids is 1. The second kappa shape index (κ2) is 18.4. The molecule has 0 aromatic heterocycles. The molecule has 0 spiro atoms. The normalized spacial score (nSPS) is 22.3. The van der Waals surface area contributed by atoms with E-state index in [0.29, 0.717) is 5.56 Å². The fourth-order valence-corrected chi connectivity index (χ4v) is 9.87. The monoisotopic (exact) mass is 779 g/mol. The van der Waals surface area contributed by atoms with Gasteiger partial charge in [0.05, 0.1) is 26.4 Å². The van der Waals surface area contributed by atoms with E-state index in [-0.39, 0.29) is 25.2 Å². The second-order valence-corrected chi connectivity index (χ2v) is 16.2. The molecular weight excluding hydrogens is 734 g/mol. The number of methoxy groups -OCH3 is 1. The minimum absolute atomic E-state index is 0.230. The van der Waals surface area contributed by atoms with E-state index in [2.05, 4.69) is 35.6 Å². The second-order valence-electron chi connectivity index (χ2n) is 14.1. The lowest BCUT2D eigenvalue weighted by molar-refractivity contribution is -0.352. The lowest BCUT2D eigenvalue weighted by Gasteiger charge is -2.50. The highest BCUT2D eigenvalue weighted by Gasteiger charge is 2.52. The van der Waals surface area contributed by atoms with Crippen LogP contribution < -0.4 is 26.0 Å². The van der Waals surface area contributed by atoms with Gasteiger partial charge in [0, 0.05) is 11.1 Å². The molecule has 0 radical (unpaired) electrons. The molecule has 7 atom stereocenters. The van der Waals surface area contributed by atoms with Crippen LogP contribution in [0.3, 0.4) is 0 Å². The molecule has 2 saturated heterocycles. The lowest BCUT2D eigenvalue weighted by Crippen LogP contribution is -2.67. The Bertz CT molecular complexity index is 2140. The summed E-state index contributed by atoms with van der Waals surface area (Å²) >= 11 is 0. The van der Waals surface area contributed by atoms with Gasteiger partial charge in [-0.15, -0.1) is 0 Å². The molecule has 1 N–H and O–H groups in total. The van der Waals surface area contributed by atoms with Gasteiger partial charge in [-0.2, -0.15) is 0 Å². The van der Waals surface area contributed by atoms with Crippen LogP contribution in [0.5, 0.6) is 5.75 Å². The van der Waals surface area contributed by atoms with E-state index in [1.54, 1.807) is 7.11 Å². The standard InChI is InChI=1S/C48H46NO7P/c1-33(35-19-9-4-10-20-35)54-45-43(49-46(50)40-25-15-16-26-42(40)57(38-21-11-5-12-22-38)39-23-13-6-14-24-39)48(52-31-34-17-7-3-8-18-34)55-41-32-53-47(56-44(41)45)36-27-29-37(51-2)30-28-36/h3-30,33,41,43-45,47-48H,31-32H2,1-2H3,(H,49,50)/t33-,41-,43-,44-,45-,47-,48+/m1/s1. The van der Waals surface area contributed by atoms with E-state index in [9.17, 15) is 4.79 Å². The summed E-state index contributed by atoms with van der Waals surface area (Å²) in [4.78, 5) is 15.0. The van der Waals surface area contributed by atoms with E-state index in [4.69, 9.17) is 28.4 Å². The maximum atomic E-state index is 15.0. The summed E-state index contributed by atoms with van der Waals surface area (Å²) in [5.41, 5.74) is 3.36. The molecule has 0 saturated carbocycles. The van der Waals surface area contributed by atoms with Gasteiger partial charge in [-0.25, -0.2) is 0 Å².